The maximum absolute atomic E-state index is 14.0. The Kier molecular flexibility index (Phi) is 6.64. The van der Waals surface area contributed by atoms with Crippen molar-refractivity contribution in [2.45, 2.75) is 57.5 Å². The van der Waals surface area contributed by atoms with Crippen molar-refractivity contribution in [1.29, 1.82) is 0 Å². The SMILES string of the molecule is CC/C=C\CC1CCC(c2cc(F)c(C#CC(F)(F)F)c(F)c2)CC1. The molecular formula is C20H21F5. The molecule has 0 spiro atoms. The fourth-order valence-corrected chi connectivity index (χ4v) is 3.27. The van der Waals surface area contributed by atoms with Crippen molar-refractivity contribution in [2.24, 2.45) is 5.92 Å². The first-order chi connectivity index (χ1) is 11.8. The summed E-state index contributed by atoms with van der Waals surface area (Å²) >= 11 is 0. The molecule has 25 heavy (non-hydrogen) atoms. The van der Waals surface area contributed by atoms with E-state index >= 15 is 0 Å². The highest BCUT2D eigenvalue weighted by molar-refractivity contribution is 5.40. The van der Waals surface area contributed by atoms with E-state index in [4.69, 9.17) is 0 Å². The van der Waals surface area contributed by atoms with Crippen molar-refractivity contribution in [3.8, 4) is 11.8 Å². The Hall–Kier alpha value is -1.83. The summed E-state index contributed by atoms with van der Waals surface area (Å²) in [6.07, 6.45) is 5.20. The van der Waals surface area contributed by atoms with Crippen molar-refractivity contribution in [3.05, 3.63) is 47.0 Å². The molecule has 0 aliphatic heterocycles. The van der Waals surface area contributed by atoms with Crippen LogP contribution in [0.2, 0.25) is 0 Å². The molecule has 0 amide bonds. The second kappa shape index (κ2) is 8.51. The van der Waals surface area contributed by atoms with Crippen molar-refractivity contribution in [3.63, 3.8) is 0 Å². The average molecular weight is 356 g/mol. The average Bonchev–Trinajstić information content (AvgIpc) is 2.54. The molecule has 0 saturated heterocycles. The van der Waals surface area contributed by atoms with Crippen molar-refractivity contribution >= 4 is 0 Å². The molecule has 1 aliphatic carbocycles. The van der Waals surface area contributed by atoms with E-state index in [0.29, 0.717) is 11.5 Å². The lowest BCUT2D eigenvalue weighted by Gasteiger charge is -2.28. The van der Waals surface area contributed by atoms with Gasteiger partial charge in [0.05, 0.1) is 5.56 Å². The van der Waals surface area contributed by atoms with E-state index in [-0.39, 0.29) is 5.92 Å². The second-order valence-corrected chi connectivity index (χ2v) is 6.44. The summed E-state index contributed by atoms with van der Waals surface area (Å²) in [6, 6.07) is 2.26. The van der Waals surface area contributed by atoms with E-state index in [0.717, 1.165) is 56.6 Å². The first-order valence-corrected chi connectivity index (χ1v) is 8.54. The lowest BCUT2D eigenvalue weighted by molar-refractivity contribution is -0.0696. The van der Waals surface area contributed by atoms with Gasteiger partial charge in [0, 0.05) is 5.92 Å². The predicted octanol–water partition coefficient (Wildman–Crippen LogP) is 6.51. The van der Waals surface area contributed by atoms with Gasteiger partial charge in [-0.25, -0.2) is 8.78 Å². The molecule has 2 rings (SSSR count). The number of benzene rings is 1. The van der Waals surface area contributed by atoms with Gasteiger partial charge >= 0.3 is 6.18 Å². The van der Waals surface area contributed by atoms with Gasteiger partial charge in [0.15, 0.2) is 0 Å². The van der Waals surface area contributed by atoms with Crippen LogP contribution in [0.15, 0.2) is 24.3 Å². The molecule has 0 radical (unpaired) electrons. The van der Waals surface area contributed by atoms with Crippen LogP contribution in [0.1, 0.15) is 62.5 Å². The van der Waals surface area contributed by atoms with E-state index in [2.05, 4.69) is 19.1 Å². The lowest BCUT2D eigenvalue weighted by Crippen LogP contribution is -2.13. The fourth-order valence-electron chi connectivity index (χ4n) is 3.27. The zero-order valence-electron chi connectivity index (χ0n) is 14.1. The predicted molar refractivity (Wildman–Crippen MR) is 88.0 cm³/mol. The summed E-state index contributed by atoms with van der Waals surface area (Å²) in [7, 11) is 0. The highest BCUT2D eigenvalue weighted by Gasteiger charge is 2.25. The van der Waals surface area contributed by atoms with Crippen LogP contribution in [0.5, 0.6) is 0 Å². The van der Waals surface area contributed by atoms with Crippen LogP contribution in [-0.2, 0) is 0 Å². The third kappa shape index (κ3) is 5.88. The number of allylic oxidation sites excluding steroid dienone is 2. The molecule has 0 atom stereocenters. The van der Waals surface area contributed by atoms with Gasteiger partial charge in [0.1, 0.15) is 11.6 Å². The monoisotopic (exact) mass is 356 g/mol. The van der Waals surface area contributed by atoms with Crippen LogP contribution in [0.3, 0.4) is 0 Å². The normalized spacial score (nSPS) is 21.2. The number of hydrogen-bond acceptors (Lipinski definition) is 0. The van der Waals surface area contributed by atoms with Crippen molar-refractivity contribution in [2.75, 3.05) is 0 Å². The number of hydrogen-bond donors (Lipinski definition) is 0. The van der Waals surface area contributed by atoms with E-state index in [9.17, 15) is 22.0 Å². The molecule has 0 heterocycles. The first-order valence-electron chi connectivity index (χ1n) is 8.54. The molecular weight excluding hydrogens is 335 g/mol. The molecule has 0 unspecified atom stereocenters. The Balaban J connectivity index is 2.07. The molecule has 0 nitrogen and oxygen atoms in total. The molecule has 1 aromatic rings. The third-order valence-electron chi connectivity index (χ3n) is 4.58. The standard InChI is InChI=1S/C20H21F5/c1-2-3-4-5-14-6-8-15(9-7-14)16-12-18(21)17(19(22)13-16)10-11-20(23,24)25/h3-4,12-15H,2,5-9H2,1H3/b4-3-. The number of halogens is 5. The van der Waals surface area contributed by atoms with Gasteiger partial charge in [-0.2, -0.15) is 13.2 Å². The van der Waals surface area contributed by atoms with Crippen LogP contribution in [0.25, 0.3) is 0 Å². The van der Waals surface area contributed by atoms with E-state index in [1.165, 1.54) is 0 Å². The quantitative estimate of drug-likeness (QED) is 0.328. The zero-order valence-corrected chi connectivity index (χ0v) is 14.1. The van der Waals surface area contributed by atoms with Crippen molar-refractivity contribution in [1.82, 2.24) is 0 Å². The van der Waals surface area contributed by atoms with Crippen LogP contribution in [0.4, 0.5) is 22.0 Å². The van der Waals surface area contributed by atoms with Crippen LogP contribution >= 0.6 is 0 Å². The first kappa shape index (κ1) is 19.5. The minimum atomic E-state index is -4.78. The Bertz CT molecular complexity index is 645. The highest BCUT2D eigenvalue weighted by Crippen LogP contribution is 2.38. The van der Waals surface area contributed by atoms with Crippen LogP contribution in [-0.4, -0.2) is 6.18 Å². The van der Waals surface area contributed by atoms with Crippen molar-refractivity contribution < 1.29 is 22.0 Å². The largest absolute Gasteiger partial charge is 0.458 e. The van der Waals surface area contributed by atoms with E-state index in [1.54, 1.807) is 5.92 Å². The summed E-state index contributed by atoms with van der Waals surface area (Å²) in [5, 5.41) is 0. The Morgan fingerprint density at radius 1 is 1.04 bits per heavy atom. The molecule has 1 aromatic carbocycles. The molecule has 0 aromatic heterocycles. The maximum atomic E-state index is 14.0. The molecule has 136 valence electrons. The van der Waals surface area contributed by atoms with Crippen LogP contribution < -0.4 is 0 Å². The smallest absolute Gasteiger partial charge is 0.206 e. The van der Waals surface area contributed by atoms with Gasteiger partial charge in [0.25, 0.3) is 0 Å². The van der Waals surface area contributed by atoms with Gasteiger partial charge < -0.3 is 0 Å². The van der Waals surface area contributed by atoms with Gasteiger partial charge in [-0.1, -0.05) is 25.0 Å². The zero-order chi connectivity index (χ0) is 18.4. The minimum absolute atomic E-state index is 0.0417. The molecule has 1 saturated carbocycles. The fraction of sp³-hybridized carbons (Fsp3) is 0.500. The minimum Gasteiger partial charge on any atom is -0.206 e. The molecule has 1 fully saturated rings. The van der Waals surface area contributed by atoms with E-state index < -0.39 is 23.4 Å². The highest BCUT2D eigenvalue weighted by atomic mass is 19.4. The molecule has 0 bridgehead atoms. The Morgan fingerprint density at radius 3 is 2.16 bits per heavy atom. The Labute approximate surface area is 145 Å². The summed E-state index contributed by atoms with van der Waals surface area (Å²) in [6.45, 7) is 2.08. The number of alkyl halides is 3. The van der Waals surface area contributed by atoms with Gasteiger partial charge in [-0.15, -0.1) is 0 Å². The van der Waals surface area contributed by atoms with E-state index in [1.807, 2.05) is 0 Å². The summed E-state index contributed by atoms with van der Waals surface area (Å²) < 4.78 is 64.3. The topological polar surface area (TPSA) is 0 Å². The molecule has 5 heteroatoms. The summed E-state index contributed by atoms with van der Waals surface area (Å²) in [5.74, 6) is 1.04. The summed E-state index contributed by atoms with van der Waals surface area (Å²) in [5.41, 5.74) is -0.311. The number of rotatable bonds is 4. The van der Waals surface area contributed by atoms with Crippen LogP contribution in [0, 0.1) is 29.4 Å². The third-order valence-corrected chi connectivity index (χ3v) is 4.58. The lowest BCUT2D eigenvalue weighted by atomic mass is 9.77. The van der Waals surface area contributed by atoms with Gasteiger partial charge in [0.2, 0.25) is 0 Å². The van der Waals surface area contributed by atoms with Gasteiger partial charge in [-0.05, 0) is 68.1 Å². The second-order valence-electron chi connectivity index (χ2n) is 6.44. The molecule has 0 N–H and O–H groups in total. The summed E-state index contributed by atoms with van der Waals surface area (Å²) in [4.78, 5) is 0. The van der Waals surface area contributed by atoms with Gasteiger partial charge in [-0.3, -0.25) is 0 Å². The Morgan fingerprint density at radius 2 is 1.64 bits per heavy atom. The maximum Gasteiger partial charge on any atom is 0.458 e. The molecule has 1 aliphatic rings.